The zero-order valence-electron chi connectivity index (χ0n) is 16.2. The summed E-state index contributed by atoms with van der Waals surface area (Å²) in [4.78, 5) is 23.3. The number of aromatic nitrogens is 5. The molecule has 0 bridgehead atoms. The van der Waals surface area contributed by atoms with Crippen molar-refractivity contribution in [3.8, 4) is 0 Å². The predicted octanol–water partition coefficient (Wildman–Crippen LogP) is 3.03. The van der Waals surface area contributed by atoms with Gasteiger partial charge in [-0.25, -0.2) is 9.97 Å². The van der Waals surface area contributed by atoms with Crippen molar-refractivity contribution in [2.24, 2.45) is 0 Å². The maximum Gasteiger partial charge on any atom is 0.436 e. The summed E-state index contributed by atoms with van der Waals surface area (Å²) in [7, 11) is 0. The Balaban J connectivity index is 1.56. The molecule has 1 aliphatic heterocycles. The third-order valence-electron chi connectivity index (χ3n) is 4.75. The Morgan fingerprint density at radius 1 is 1.33 bits per heavy atom. The molecule has 0 fully saturated rings. The minimum absolute atomic E-state index is 0.0849. The van der Waals surface area contributed by atoms with Crippen LogP contribution in [0.4, 0.5) is 24.8 Å². The molecule has 4 heterocycles. The molecular weight excluding hydrogens is 403 g/mol. The van der Waals surface area contributed by atoms with Gasteiger partial charge in [0, 0.05) is 12.6 Å². The summed E-state index contributed by atoms with van der Waals surface area (Å²) in [6, 6.07) is 0.885. The van der Waals surface area contributed by atoms with Gasteiger partial charge in [0.25, 0.3) is 5.91 Å². The van der Waals surface area contributed by atoms with Crippen molar-refractivity contribution in [3.05, 3.63) is 46.4 Å². The number of nitrogens with one attached hydrogen (secondary N) is 2. The smallest absolute Gasteiger partial charge is 0.359 e. The van der Waals surface area contributed by atoms with Gasteiger partial charge in [-0.1, -0.05) is 5.16 Å². The topological polar surface area (TPSA) is 113 Å². The van der Waals surface area contributed by atoms with E-state index in [0.29, 0.717) is 47.2 Å². The molecule has 3 aromatic heterocycles. The maximum absolute atomic E-state index is 12.7. The molecule has 0 unspecified atom stereocenters. The van der Waals surface area contributed by atoms with Crippen molar-refractivity contribution in [1.29, 1.82) is 0 Å². The van der Waals surface area contributed by atoms with Gasteiger partial charge in [-0.05, 0) is 32.3 Å². The van der Waals surface area contributed by atoms with E-state index in [2.05, 4.69) is 30.6 Å². The molecule has 1 aliphatic rings. The van der Waals surface area contributed by atoms with Crippen LogP contribution in [-0.2, 0) is 19.1 Å². The van der Waals surface area contributed by atoms with Crippen molar-refractivity contribution >= 4 is 17.5 Å². The minimum atomic E-state index is -4.56. The molecule has 0 saturated heterocycles. The Bertz CT molecular complexity index is 1090. The molecule has 12 heteroatoms. The van der Waals surface area contributed by atoms with Gasteiger partial charge >= 0.3 is 6.18 Å². The van der Waals surface area contributed by atoms with Gasteiger partial charge in [0.15, 0.2) is 23.1 Å². The molecule has 0 aliphatic carbocycles. The van der Waals surface area contributed by atoms with Crippen molar-refractivity contribution < 1.29 is 22.5 Å². The van der Waals surface area contributed by atoms with Crippen LogP contribution in [-0.4, -0.2) is 37.8 Å². The van der Waals surface area contributed by atoms with E-state index in [1.165, 1.54) is 0 Å². The molecule has 30 heavy (non-hydrogen) atoms. The molecule has 1 amide bonds. The highest BCUT2D eigenvalue weighted by Crippen LogP contribution is 2.31. The predicted molar refractivity (Wildman–Crippen MR) is 98.9 cm³/mol. The van der Waals surface area contributed by atoms with E-state index in [-0.39, 0.29) is 18.2 Å². The van der Waals surface area contributed by atoms with Gasteiger partial charge in [-0.3, -0.25) is 9.89 Å². The fourth-order valence-corrected chi connectivity index (χ4v) is 3.23. The van der Waals surface area contributed by atoms with E-state index in [1.54, 1.807) is 24.9 Å². The highest BCUT2D eigenvalue weighted by Gasteiger charge is 2.35. The van der Waals surface area contributed by atoms with Gasteiger partial charge in [-0.15, -0.1) is 0 Å². The van der Waals surface area contributed by atoms with E-state index in [9.17, 15) is 18.0 Å². The van der Waals surface area contributed by atoms with Crippen LogP contribution in [0.1, 0.15) is 45.3 Å². The molecule has 3 aromatic rings. The lowest BCUT2D eigenvalue weighted by atomic mass is 10.1. The fourth-order valence-electron chi connectivity index (χ4n) is 3.23. The molecule has 0 aromatic carbocycles. The number of halogens is 3. The average molecular weight is 421 g/mol. The molecule has 2 N–H and O–H groups in total. The fraction of sp³-hybridized carbons (Fsp3) is 0.389. The van der Waals surface area contributed by atoms with Crippen LogP contribution >= 0.6 is 0 Å². The van der Waals surface area contributed by atoms with Gasteiger partial charge in [0.1, 0.15) is 5.69 Å². The largest absolute Gasteiger partial charge is 0.436 e. The first-order chi connectivity index (χ1) is 14.2. The summed E-state index contributed by atoms with van der Waals surface area (Å²) < 4.78 is 43.1. The second-order valence-corrected chi connectivity index (χ2v) is 7.01. The normalized spacial score (nSPS) is 14.0. The lowest BCUT2D eigenvalue weighted by Gasteiger charge is -2.29. The number of carbonyl (C=O) groups excluding carboxylic acids is 1. The molecule has 0 atom stereocenters. The third-order valence-corrected chi connectivity index (χ3v) is 4.75. The van der Waals surface area contributed by atoms with Gasteiger partial charge in [0.05, 0.1) is 24.1 Å². The number of anilines is 2. The SMILES string of the molecule is Cc1cn[nH]c1C(=O)Nc1nc2c(nc1C)N(Cc1cc(C(F)(F)F)no1)CCC2. The Morgan fingerprint density at radius 2 is 2.13 bits per heavy atom. The van der Waals surface area contributed by atoms with E-state index < -0.39 is 11.9 Å². The number of alkyl halides is 3. The van der Waals surface area contributed by atoms with Crippen LogP contribution in [0.5, 0.6) is 0 Å². The second-order valence-electron chi connectivity index (χ2n) is 7.01. The summed E-state index contributed by atoms with van der Waals surface area (Å²) in [5.74, 6) is 0.589. The second kappa shape index (κ2) is 7.43. The zero-order valence-corrected chi connectivity index (χ0v) is 16.2. The molecule has 9 nitrogen and oxygen atoms in total. The monoisotopic (exact) mass is 421 g/mol. The lowest BCUT2D eigenvalue weighted by molar-refractivity contribution is -0.142. The van der Waals surface area contributed by atoms with E-state index in [4.69, 9.17) is 4.52 Å². The number of amides is 1. The third kappa shape index (κ3) is 3.84. The molecule has 0 saturated carbocycles. The Morgan fingerprint density at radius 3 is 2.80 bits per heavy atom. The quantitative estimate of drug-likeness (QED) is 0.666. The number of rotatable bonds is 4. The molecule has 4 rings (SSSR count). The Hall–Kier alpha value is -3.44. The van der Waals surface area contributed by atoms with Crippen molar-refractivity contribution in [2.45, 2.75) is 39.4 Å². The number of nitrogens with zero attached hydrogens (tertiary/aromatic N) is 5. The summed E-state index contributed by atoms with van der Waals surface area (Å²) >= 11 is 0. The summed E-state index contributed by atoms with van der Waals surface area (Å²) in [6.45, 7) is 4.13. The summed E-state index contributed by atoms with van der Waals surface area (Å²) in [5.41, 5.74) is 1.11. The number of fused-ring (bicyclic) bond motifs is 1. The standard InChI is InChI=1S/C18H18F3N7O2/c1-9-7-22-26-14(9)17(29)25-15-10(2)23-16-12(24-15)4-3-5-28(16)8-11-6-13(27-30-11)18(19,20)21/h6-7H,3-5,8H2,1-2H3,(H,22,26)(H,24,25,29). The van der Waals surface area contributed by atoms with E-state index in [1.807, 2.05) is 0 Å². The van der Waals surface area contributed by atoms with Crippen LogP contribution < -0.4 is 10.2 Å². The minimum Gasteiger partial charge on any atom is -0.359 e. The summed E-state index contributed by atoms with van der Waals surface area (Å²) in [6.07, 6.45) is -1.64. The van der Waals surface area contributed by atoms with Crippen LogP contribution in [0, 0.1) is 13.8 Å². The Labute approximate surface area is 168 Å². The van der Waals surface area contributed by atoms with Crippen molar-refractivity contribution in [1.82, 2.24) is 25.3 Å². The lowest BCUT2D eigenvalue weighted by Crippen LogP contribution is -2.31. The maximum atomic E-state index is 12.7. The average Bonchev–Trinajstić information content (AvgIpc) is 3.32. The van der Waals surface area contributed by atoms with E-state index >= 15 is 0 Å². The molecule has 0 radical (unpaired) electrons. The van der Waals surface area contributed by atoms with Gasteiger partial charge in [0.2, 0.25) is 0 Å². The van der Waals surface area contributed by atoms with Crippen LogP contribution in [0.15, 0.2) is 16.8 Å². The molecule has 158 valence electrons. The van der Waals surface area contributed by atoms with Gasteiger partial charge < -0.3 is 14.7 Å². The van der Waals surface area contributed by atoms with Crippen LogP contribution in [0.2, 0.25) is 0 Å². The van der Waals surface area contributed by atoms with Gasteiger partial charge in [-0.2, -0.15) is 18.3 Å². The number of H-pyrrole nitrogens is 1. The molecular formula is C18H18F3N7O2. The number of hydrogen-bond donors (Lipinski definition) is 2. The number of hydrogen-bond acceptors (Lipinski definition) is 7. The molecule has 0 spiro atoms. The number of carbonyl (C=O) groups is 1. The first-order valence-electron chi connectivity index (χ1n) is 9.19. The first-order valence-corrected chi connectivity index (χ1v) is 9.19. The highest BCUT2D eigenvalue weighted by atomic mass is 19.4. The van der Waals surface area contributed by atoms with Crippen LogP contribution in [0.25, 0.3) is 0 Å². The zero-order chi connectivity index (χ0) is 21.5. The Kier molecular flexibility index (Phi) is 4.92. The highest BCUT2D eigenvalue weighted by molar-refractivity contribution is 6.03. The van der Waals surface area contributed by atoms with E-state index in [0.717, 1.165) is 12.5 Å². The summed E-state index contributed by atoms with van der Waals surface area (Å²) in [5, 5.41) is 12.3. The number of aromatic amines is 1. The first kappa shape index (κ1) is 19.9. The van der Waals surface area contributed by atoms with Crippen molar-refractivity contribution in [2.75, 3.05) is 16.8 Å². The van der Waals surface area contributed by atoms with Crippen molar-refractivity contribution in [3.63, 3.8) is 0 Å². The number of aryl methyl sites for hydroxylation is 3. The van der Waals surface area contributed by atoms with Crippen LogP contribution in [0.3, 0.4) is 0 Å².